The summed E-state index contributed by atoms with van der Waals surface area (Å²) in [7, 11) is -0.854. The molecule has 100 valence electrons. The van der Waals surface area contributed by atoms with Gasteiger partial charge in [0.2, 0.25) is 0 Å². The highest BCUT2D eigenvalue weighted by atomic mass is 32.2. The number of benzene rings is 1. The molecule has 1 rings (SSSR count). The van der Waals surface area contributed by atoms with Crippen LogP contribution in [0.15, 0.2) is 24.3 Å². The molecule has 4 N–H and O–H groups in total. The van der Waals surface area contributed by atoms with Crippen LogP contribution in [0.25, 0.3) is 0 Å². The Balaban J connectivity index is 2.32. The number of rotatable bonds is 5. The molecule has 0 bridgehead atoms. The molecule has 0 radical (unpaired) electrons. The average Bonchev–Trinajstić information content (AvgIpc) is 2.28. The molecule has 2 atom stereocenters. The fourth-order valence-corrected chi connectivity index (χ4v) is 1.80. The van der Waals surface area contributed by atoms with Crippen LogP contribution in [0.5, 0.6) is 0 Å². The average molecular weight is 269 g/mol. The van der Waals surface area contributed by atoms with Gasteiger partial charge < -0.3 is 16.4 Å². The first-order chi connectivity index (χ1) is 8.49. The Morgan fingerprint density at radius 2 is 2.22 bits per heavy atom. The Hall–Kier alpha value is -1.56. The summed E-state index contributed by atoms with van der Waals surface area (Å²) < 4.78 is 11.1. The maximum atomic E-state index is 11.5. The van der Waals surface area contributed by atoms with Crippen LogP contribution in [-0.2, 0) is 10.8 Å². The summed E-state index contributed by atoms with van der Waals surface area (Å²) in [6.45, 7) is 2.39. The second kappa shape index (κ2) is 7.00. The number of urea groups is 1. The normalized spacial score (nSPS) is 13.7. The van der Waals surface area contributed by atoms with Crippen LogP contribution in [0.2, 0.25) is 0 Å². The van der Waals surface area contributed by atoms with Gasteiger partial charge in [0.1, 0.15) is 0 Å². The SMILES string of the molecule is CC(CCNC(=O)Nc1cccc(N)c1)S(C)=O. The summed E-state index contributed by atoms with van der Waals surface area (Å²) in [6, 6.07) is 6.69. The van der Waals surface area contributed by atoms with E-state index in [1.165, 1.54) is 0 Å². The van der Waals surface area contributed by atoms with E-state index in [0.717, 1.165) is 0 Å². The molecule has 5 nitrogen and oxygen atoms in total. The van der Waals surface area contributed by atoms with Gasteiger partial charge in [0.05, 0.1) is 0 Å². The lowest BCUT2D eigenvalue weighted by Gasteiger charge is -2.10. The molecule has 0 aliphatic heterocycles. The first-order valence-corrected chi connectivity index (χ1v) is 7.34. The van der Waals surface area contributed by atoms with E-state index in [9.17, 15) is 9.00 Å². The van der Waals surface area contributed by atoms with Gasteiger partial charge in [-0.1, -0.05) is 13.0 Å². The highest BCUT2D eigenvalue weighted by molar-refractivity contribution is 7.84. The van der Waals surface area contributed by atoms with Crippen molar-refractivity contribution in [3.05, 3.63) is 24.3 Å². The maximum Gasteiger partial charge on any atom is 0.319 e. The van der Waals surface area contributed by atoms with E-state index < -0.39 is 10.8 Å². The van der Waals surface area contributed by atoms with Gasteiger partial charge in [0.15, 0.2) is 0 Å². The molecule has 2 unspecified atom stereocenters. The largest absolute Gasteiger partial charge is 0.399 e. The van der Waals surface area contributed by atoms with E-state index in [1.54, 1.807) is 30.5 Å². The Morgan fingerprint density at radius 1 is 1.50 bits per heavy atom. The molecule has 0 aromatic heterocycles. The van der Waals surface area contributed by atoms with Gasteiger partial charge in [-0.2, -0.15) is 0 Å². The second-order valence-corrected chi connectivity index (χ2v) is 5.91. The summed E-state index contributed by atoms with van der Waals surface area (Å²) in [5, 5.41) is 5.47. The van der Waals surface area contributed by atoms with Crippen molar-refractivity contribution in [2.24, 2.45) is 0 Å². The molecule has 0 spiro atoms. The van der Waals surface area contributed by atoms with Gasteiger partial charge in [0, 0.05) is 40.2 Å². The van der Waals surface area contributed by atoms with E-state index in [-0.39, 0.29) is 11.3 Å². The van der Waals surface area contributed by atoms with Crippen molar-refractivity contribution in [2.75, 3.05) is 23.9 Å². The minimum atomic E-state index is -0.854. The second-order valence-electron chi connectivity index (χ2n) is 4.10. The molecule has 0 heterocycles. The van der Waals surface area contributed by atoms with Crippen LogP contribution >= 0.6 is 0 Å². The lowest BCUT2D eigenvalue weighted by molar-refractivity contribution is 0.252. The van der Waals surface area contributed by atoms with Gasteiger partial charge in [-0.3, -0.25) is 4.21 Å². The highest BCUT2D eigenvalue weighted by Crippen LogP contribution is 2.11. The lowest BCUT2D eigenvalue weighted by Crippen LogP contribution is -2.31. The Morgan fingerprint density at radius 3 is 2.83 bits per heavy atom. The Bertz CT molecular complexity index is 437. The quantitative estimate of drug-likeness (QED) is 0.709. The molecule has 0 aliphatic rings. The topological polar surface area (TPSA) is 84.2 Å². The number of carbonyl (C=O) groups is 1. The van der Waals surface area contributed by atoms with Crippen LogP contribution in [0.3, 0.4) is 0 Å². The summed E-state index contributed by atoms with van der Waals surface area (Å²) in [5.74, 6) is 0. The third-order valence-electron chi connectivity index (χ3n) is 2.55. The van der Waals surface area contributed by atoms with Crippen LogP contribution in [-0.4, -0.2) is 28.3 Å². The standard InChI is InChI=1S/C12H19N3O2S/c1-9(18(2)17)6-7-14-12(16)15-11-5-3-4-10(13)8-11/h3-5,8-9H,6-7,13H2,1-2H3,(H2,14,15,16). The van der Waals surface area contributed by atoms with E-state index in [2.05, 4.69) is 10.6 Å². The number of nitrogen functional groups attached to an aromatic ring is 1. The van der Waals surface area contributed by atoms with Crippen LogP contribution in [0.1, 0.15) is 13.3 Å². The van der Waals surface area contributed by atoms with Gasteiger partial charge in [-0.05, 0) is 24.6 Å². The molecule has 0 saturated heterocycles. The van der Waals surface area contributed by atoms with Crippen LogP contribution < -0.4 is 16.4 Å². The zero-order chi connectivity index (χ0) is 13.5. The van der Waals surface area contributed by atoms with Crippen molar-refractivity contribution in [3.63, 3.8) is 0 Å². The third kappa shape index (κ3) is 5.18. The molecule has 6 heteroatoms. The van der Waals surface area contributed by atoms with Crippen molar-refractivity contribution in [1.29, 1.82) is 0 Å². The Labute approximate surface area is 110 Å². The zero-order valence-electron chi connectivity index (χ0n) is 10.6. The number of hydrogen-bond donors (Lipinski definition) is 3. The first-order valence-electron chi connectivity index (χ1n) is 5.71. The van der Waals surface area contributed by atoms with Crippen molar-refractivity contribution in [1.82, 2.24) is 5.32 Å². The third-order valence-corrected chi connectivity index (χ3v) is 3.92. The van der Waals surface area contributed by atoms with E-state index in [0.29, 0.717) is 24.3 Å². The number of hydrogen-bond acceptors (Lipinski definition) is 3. The van der Waals surface area contributed by atoms with Crippen molar-refractivity contribution >= 4 is 28.2 Å². The predicted molar refractivity (Wildman–Crippen MR) is 76.0 cm³/mol. The molecular formula is C12H19N3O2S. The molecule has 2 amide bonds. The van der Waals surface area contributed by atoms with Gasteiger partial charge in [-0.25, -0.2) is 4.79 Å². The van der Waals surface area contributed by atoms with E-state index >= 15 is 0 Å². The smallest absolute Gasteiger partial charge is 0.319 e. The van der Waals surface area contributed by atoms with Crippen molar-refractivity contribution in [3.8, 4) is 0 Å². The lowest BCUT2D eigenvalue weighted by atomic mass is 10.3. The number of nitrogens with two attached hydrogens (primary N) is 1. The van der Waals surface area contributed by atoms with E-state index in [1.807, 2.05) is 6.92 Å². The first kappa shape index (κ1) is 14.5. The molecule has 0 fully saturated rings. The number of amides is 2. The fourth-order valence-electron chi connectivity index (χ4n) is 1.35. The molecule has 18 heavy (non-hydrogen) atoms. The van der Waals surface area contributed by atoms with Gasteiger partial charge in [0.25, 0.3) is 0 Å². The minimum Gasteiger partial charge on any atom is -0.399 e. The van der Waals surface area contributed by atoms with Crippen molar-refractivity contribution < 1.29 is 9.00 Å². The Kier molecular flexibility index (Phi) is 5.64. The maximum absolute atomic E-state index is 11.5. The number of nitrogens with one attached hydrogen (secondary N) is 2. The monoisotopic (exact) mass is 269 g/mol. The summed E-state index contributed by atoms with van der Waals surface area (Å²) in [6.07, 6.45) is 2.35. The summed E-state index contributed by atoms with van der Waals surface area (Å²) in [4.78, 5) is 11.5. The number of anilines is 2. The van der Waals surface area contributed by atoms with Crippen LogP contribution in [0.4, 0.5) is 16.2 Å². The van der Waals surface area contributed by atoms with Gasteiger partial charge >= 0.3 is 6.03 Å². The number of carbonyl (C=O) groups excluding carboxylic acids is 1. The molecular weight excluding hydrogens is 250 g/mol. The summed E-state index contributed by atoms with van der Waals surface area (Å²) >= 11 is 0. The zero-order valence-corrected chi connectivity index (χ0v) is 11.4. The van der Waals surface area contributed by atoms with Crippen molar-refractivity contribution in [2.45, 2.75) is 18.6 Å². The fraction of sp³-hybridized carbons (Fsp3) is 0.417. The molecule has 0 saturated carbocycles. The van der Waals surface area contributed by atoms with Crippen LogP contribution in [0, 0.1) is 0 Å². The van der Waals surface area contributed by atoms with E-state index in [4.69, 9.17) is 5.73 Å². The van der Waals surface area contributed by atoms with Gasteiger partial charge in [-0.15, -0.1) is 0 Å². The predicted octanol–water partition coefficient (Wildman–Crippen LogP) is 1.55. The highest BCUT2D eigenvalue weighted by Gasteiger charge is 2.07. The molecule has 1 aromatic carbocycles. The molecule has 0 aliphatic carbocycles. The summed E-state index contributed by atoms with van der Waals surface area (Å²) in [5.41, 5.74) is 6.85. The molecule has 1 aromatic rings. The minimum absolute atomic E-state index is 0.0812.